The summed E-state index contributed by atoms with van der Waals surface area (Å²) in [6.45, 7) is 4.17. The van der Waals surface area contributed by atoms with Gasteiger partial charge in [0.15, 0.2) is 6.10 Å². The number of hydrogen-bond donors (Lipinski definition) is 3. The topological polar surface area (TPSA) is 102 Å². The van der Waals surface area contributed by atoms with Crippen LogP contribution in [0.5, 0.6) is 5.75 Å². The Morgan fingerprint density at radius 2 is 2.15 bits per heavy atom. The number of rotatable bonds is 7. The summed E-state index contributed by atoms with van der Waals surface area (Å²) in [5, 5.41) is 11.8. The van der Waals surface area contributed by atoms with Crippen LogP contribution in [-0.2, 0) is 4.79 Å². The third-order valence-electron chi connectivity index (χ3n) is 2.74. The zero-order valence-corrected chi connectivity index (χ0v) is 11.7. The van der Waals surface area contributed by atoms with E-state index in [0.717, 1.165) is 12.8 Å². The molecular formula is C14H20N2O4. The Morgan fingerprint density at radius 1 is 1.45 bits per heavy atom. The normalized spacial score (nSPS) is 11.7. The van der Waals surface area contributed by atoms with Gasteiger partial charge >= 0.3 is 5.97 Å². The van der Waals surface area contributed by atoms with E-state index in [0.29, 0.717) is 12.2 Å². The molecule has 0 aliphatic carbocycles. The summed E-state index contributed by atoms with van der Waals surface area (Å²) in [6.07, 6.45) is 1.08. The number of benzene rings is 1. The highest BCUT2D eigenvalue weighted by atomic mass is 16.5. The smallest absolute Gasteiger partial charge is 0.339 e. The molecule has 110 valence electrons. The van der Waals surface area contributed by atoms with Gasteiger partial charge in [0.2, 0.25) is 0 Å². The third kappa shape index (κ3) is 4.46. The van der Waals surface area contributed by atoms with E-state index in [1.807, 2.05) is 6.92 Å². The number of carbonyl (C=O) groups is 2. The van der Waals surface area contributed by atoms with Crippen molar-refractivity contribution < 1.29 is 19.4 Å². The van der Waals surface area contributed by atoms with Crippen LogP contribution < -0.4 is 15.8 Å². The Bertz CT molecular complexity index is 488. The van der Waals surface area contributed by atoms with Crippen LogP contribution in [0, 0.1) is 0 Å². The highest BCUT2D eigenvalue weighted by molar-refractivity contribution is 5.91. The van der Waals surface area contributed by atoms with Gasteiger partial charge in [-0.3, -0.25) is 4.79 Å². The number of ether oxygens (including phenoxy) is 1. The second-order valence-corrected chi connectivity index (χ2v) is 4.47. The molecular weight excluding hydrogens is 260 g/mol. The molecule has 0 fully saturated rings. The quantitative estimate of drug-likeness (QED) is 0.520. The van der Waals surface area contributed by atoms with E-state index < -0.39 is 12.1 Å². The molecule has 1 aromatic rings. The van der Waals surface area contributed by atoms with Gasteiger partial charge < -0.3 is 20.9 Å². The first-order chi connectivity index (χ1) is 9.45. The van der Waals surface area contributed by atoms with Gasteiger partial charge in [-0.15, -0.1) is 0 Å². The lowest BCUT2D eigenvalue weighted by Gasteiger charge is -2.16. The molecule has 1 unspecified atom stereocenters. The fourth-order valence-corrected chi connectivity index (χ4v) is 1.59. The number of aromatic carboxylic acids is 1. The molecule has 0 aliphatic heterocycles. The number of nitrogen functional groups attached to an aromatic ring is 1. The molecule has 1 aromatic carbocycles. The second kappa shape index (κ2) is 7.37. The molecule has 6 nitrogen and oxygen atoms in total. The van der Waals surface area contributed by atoms with Crippen LogP contribution in [0.1, 0.15) is 37.0 Å². The number of carboxylic acids is 1. The summed E-state index contributed by atoms with van der Waals surface area (Å²) in [5.41, 5.74) is 5.96. The number of nitrogens with two attached hydrogens (primary N) is 1. The van der Waals surface area contributed by atoms with Crippen molar-refractivity contribution in [3.63, 3.8) is 0 Å². The van der Waals surface area contributed by atoms with Crippen LogP contribution >= 0.6 is 0 Å². The van der Waals surface area contributed by atoms with Gasteiger partial charge in [-0.2, -0.15) is 0 Å². The number of nitrogens with one attached hydrogen (secondary N) is 1. The maximum atomic E-state index is 11.8. The molecule has 0 saturated heterocycles. The van der Waals surface area contributed by atoms with Crippen LogP contribution in [0.2, 0.25) is 0 Å². The highest BCUT2D eigenvalue weighted by Crippen LogP contribution is 2.23. The predicted octanol–water partition coefficient (Wildman–Crippen LogP) is 1.65. The molecule has 0 spiro atoms. The van der Waals surface area contributed by atoms with Crippen LogP contribution in [0.4, 0.5) is 5.69 Å². The Kier molecular flexibility index (Phi) is 5.83. The van der Waals surface area contributed by atoms with Gasteiger partial charge in [-0.1, -0.05) is 13.3 Å². The molecule has 1 amide bonds. The Balaban J connectivity index is 2.74. The van der Waals surface area contributed by atoms with E-state index in [4.69, 9.17) is 15.6 Å². The summed E-state index contributed by atoms with van der Waals surface area (Å²) < 4.78 is 5.41. The first-order valence-corrected chi connectivity index (χ1v) is 6.53. The van der Waals surface area contributed by atoms with Gasteiger partial charge in [-0.05, 0) is 25.5 Å². The number of hydrogen-bond acceptors (Lipinski definition) is 4. The van der Waals surface area contributed by atoms with E-state index in [-0.39, 0.29) is 17.2 Å². The summed E-state index contributed by atoms with van der Waals surface area (Å²) in [5.74, 6) is -1.31. The monoisotopic (exact) mass is 280 g/mol. The SMILES string of the molecule is CCCCNC(=O)C(C)Oc1cc(N)ccc1C(=O)O. The van der Waals surface area contributed by atoms with Crippen molar-refractivity contribution in [1.29, 1.82) is 0 Å². The maximum absolute atomic E-state index is 11.8. The summed E-state index contributed by atoms with van der Waals surface area (Å²) in [4.78, 5) is 22.8. The van der Waals surface area contributed by atoms with Crippen molar-refractivity contribution in [3.05, 3.63) is 23.8 Å². The van der Waals surface area contributed by atoms with Gasteiger partial charge in [0.05, 0.1) is 0 Å². The minimum absolute atomic E-state index is 0.0209. The second-order valence-electron chi connectivity index (χ2n) is 4.47. The van der Waals surface area contributed by atoms with Gasteiger partial charge in [0.25, 0.3) is 5.91 Å². The van der Waals surface area contributed by atoms with E-state index in [9.17, 15) is 9.59 Å². The van der Waals surface area contributed by atoms with Crippen molar-refractivity contribution in [2.45, 2.75) is 32.8 Å². The lowest BCUT2D eigenvalue weighted by Crippen LogP contribution is -2.37. The van der Waals surface area contributed by atoms with Crippen molar-refractivity contribution in [3.8, 4) is 5.75 Å². The molecule has 0 radical (unpaired) electrons. The molecule has 1 atom stereocenters. The Hall–Kier alpha value is -2.24. The fraction of sp³-hybridized carbons (Fsp3) is 0.429. The number of carboxylic acid groups (broad SMARTS) is 1. The van der Waals surface area contributed by atoms with Gasteiger partial charge in [0.1, 0.15) is 11.3 Å². The van der Waals surface area contributed by atoms with E-state index in [2.05, 4.69) is 5.32 Å². The van der Waals surface area contributed by atoms with E-state index in [1.54, 1.807) is 6.92 Å². The molecule has 6 heteroatoms. The lowest BCUT2D eigenvalue weighted by molar-refractivity contribution is -0.127. The first-order valence-electron chi connectivity index (χ1n) is 6.53. The predicted molar refractivity (Wildman–Crippen MR) is 75.8 cm³/mol. The molecule has 0 bridgehead atoms. The van der Waals surface area contributed by atoms with E-state index >= 15 is 0 Å². The minimum atomic E-state index is -1.13. The van der Waals surface area contributed by atoms with Crippen LogP contribution in [-0.4, -0.2) is 29.6 Å². The molecule has 0 heterocycles. The van der Waals surface area contributed by atoms with Crippen LogP contribution in [0.15, 0.2) is 18.2 Å². The van der Waals surface area contributed by atoms with Crippen molar-refractivity contribution in [2.75, 3.05) is 12.3 Å². The largest absolute Gasteiger partial charge is 0.480 e. The first kappa shape index (κ1) is 15.8. The standard InChI is InChI=1S/C14H20N2O4/c1-3-4-7-16-13(17)9(2)20-12-8-10(15)5-6-11(12)14(18)19/h5-6,8-9H,3-4,7,15H2,1-2H3,(H,16,17)(H,18,19). The average Bonchev–Trinajstić information content (AvgIpc) is 2.38. The number of amides is 1. The number of anilines is 1. The van der Waals surface area contributed by atoms with Gasteiger partial charge in [0, 0.05) is 18.3 Å². The molecule has 0 aliphatic rings. The van der Waals surface area contributed by atoms with E-state index in [1.165, 1.54) is 18.2 Å². The molecule has 0 saturated carbocycles. The summed E-state index contributed by atoms with van der Waals surface area (Å²) in [7, 11) is 0. The maximum Gasteiger partial charge on any atom is 0.339 e. The van der Waals surface area contributed by atoms with Gasteiger partial charge in [-0.25, -0.2) is 4.79 Å². The fourth-order valence-electron chi connectivity index (χ4n) is 1.59. The molecule has 0 aromatic heterocycles. The van der Waals surface area contributed by atoms with Crippen LogP contribution in [0.25, 0.3) is 0 Å². The molecule has 20 heavy (non-hydrogen) atoms. The average molecular weight is 280 g/mol. The number of unbranched alkanes of at least 4 members (excludes halogenated alkanes) is 1. The minimum Gasteiger partial charge on any atom is -0.480 e. The summed E-state index contributed by atoms with van der Waals surface area (Å²) in [6, 6.07) is 4.23. The van der Waals surface area contributed by atoms with Crippen molar-refractivity contribution in [2.24, 2.45) is 0 Å². The van der Waals surface area contributed by atoms with Crippen molar-refractivity contribution >= 4 is 17.6 Å². The molecule has 4 N–H and O–H groups in total. The highest BCUT2D eigenvalue weighted by Gasteiger charge is 2.18. The zero-order valence-electron chi connectivity index (χ0n) is 11.7. The Morgan fingerprint density at radius 3 is 2.75 bits per heavy atom. The molecule has 1 rings (SSSR count). The number of carbonyl (C=O) groups excluding carboxylic acids is 1. The lowest BCUT2D eigenvalue weighted by atomic mass is 10.2. The third-order valence-corrected chi connectivity index (χ3v) is 2.74. The van der Waals surface area contributed by atoms with Crippen molar-refractivity contribution in [1.82, 2.24) is 5.32 Å². The zero-order chi connectivity index (χ0) is 15.1. The van der Waals surface area contributed by atoms with Crippen LogP contribution in [0.3, 0.4) is 0 Å². The Labute approximate surface area is 117 Å². The summed E-state index contributed by atoms with van der Waals surface area (Å²) >= 11 is 0.